The summed E-state index contributed by atoms with van der Waals surface area (Å²) in [6.07, 6.45) is 5.33. The Balaban J connectivity index is -0.000000240. The molecule has 2 N–H and O–H groups in total. The first-order valence-corrected chi connectivity index (χ1v) is 6.09. The maximum atomic E-state index is 2.31. The molecule has 3 heteroatoms. The second-order valence-corrected chi connectivity index (χ2v) is 4.24. The summed E-state index contributed by atoms with van der Waals surface area (Å²) in [5.74, 6) is 0. The molecular formula is C12H31NNaO+. The second-order valence-electron chi connectivity index (χ2n) is 4.24. The Hall–Kier alpha value is 0.920. The largest absolute Gasteiger partial charge is 1.00 e. The van der Waals surface area contributed by atoms with E-state index in [1.165, 1.54) is 56.3 Å². The molecule has 0 aromatic heterocycles. The van der Waals surface area contributed by atoms with E-state index in [0.29, 0.717) is 0 Å². The molecule has 0 radical (unpaired) electrons. The third-order valence-electron chi connectivity index (χ3n) is 2.79. The first-order chi connectivity index (χ1) is 6.24. The predicted octanol–water partition coefficient (Wildman–Crippen LogP) is -0.265. The van der Waals surface area contributed by atoms with E-state index in [9.17, 15) is 0 Å². The Morgan fingerprint density at radius 2 is 0.867 bits per heavy atom. The van der Waals surface area contributed by atoms with Crippen LogP contribution in [0.2, 0.25) is 0 Å². The van der Waals surface area contributed by atoms with E-state index in [2.05, 4.69) is 27.7 Å². The molecule has 0 fully saturated rings. The van der Waals surface area contributed by atoms with Crippen molar-refractivity contribution in [3.63, 3.8) is 0 Å². The monoisotopic (exact) mass is 228 g/mol. The van der Waals surface area contributed by atoms with Crippen molar-refractivity contribution in [3.8, 4) is 0 Å². The van der Waals surface area contributed by atoms with Crippen LogP contribution in [0.15, 0.2) is 0 Å². The first-order valence-electron chi connectivity index (χ1n) is 6.09. The van der Waals surface area contributed by atoms with Gasteiger partial charge in [-0.2, -0.15) is 0 Å². The number of quaternary nitrogens is 1. The minimum atomic E-state index is 0. The summed E-state index contributed by atoms with van der Waals surface area (Å²) >= 11 is 0. The van der Waals surface area contributed by atoms with Crippen LogP contribution in [0.5, 0.6) is 0 Å². The fourth-order valence-electron chi connectivity index (χ4n) is 2.57. The van der Waals surface area contributed by atoms with Gasteiger partial charge in [-0.05, 0) is 25.7 Å². The molecule has 0 amide bonds. The van der Waals surface area contributed by atoms with Crippen LogP contribution in [0.4, 0.5) is 0 Å². The average molecular weight is 228 g/mol. The van der Waals surface area contributed by atoms with Gasteiger partial charge in [-0.25, -0.2) is 0 Å². The van der Waals surface area contributed by atoms with E-state index in [1.807, 2.05) is 0 Å². The Labute approximate surface area is 120 Å². The van der Waals surface area contributed by atoms with Crippen LogP contribution in [-0.2, 0) is 0 Å². The van der Waals surface area contributed by atoms with Crippen LogP contribution in [0, 0.1) is 0 Å². The third-order valence-corrected chi connectivity index (χ3v) is 2.79. The maximum Gasteiger partial charge on any atom is 1.00 e. The zero-order chi connectivity index (χ0) is 10.2. The van der Waals surface area contributed by atoms with Crippen molar-refractivity contribution in [1.29, 1.82) is 0 Å². The van der Waals surface area contributed by atoms with E-state index >= 15 is 0 Å². The average Bonchev–Trinajstić information content (AvgIpc) is 2.06. The van der Waals surface area contributed by atoms with Crippen LogP contribution in [0.3, 0.4) is 0 Å². The zero-order valence-corrected chi connectivity index (χ0v) is 13.6. The summed E-state index contributed by atoms with van der Waals surface area (Å²) in [4.78, 5) is 0. The van der Waals surface area contributed by atoms with Gasteiger partial charge in [-0.1, -0.05) is 27.7 Å². The predicted molar refractivity (Wildman–Crippen MR) is 65.6 cm³/mol. The standard InChI is InChI=1S/C12H28N.Na.H2O.H/c1-5-9-13(10-6-2,11-7-3)12-8-4;;;/h5-12H2,1-4H3;;1H2;/q2*+1;;-1. The van der Waals surface area contributed by atoms with Crippen molar-refractivity contribution < 1.29 is 40.9 Å². The van der Waals surface area contributed by atoms with Gasteiger partial charge in [0.15, 0.2) is 0 Å². The van der Waals surface area contributed by atoms with E-state index < -0.39 is 0 Å². The molecule has 0 aliphatic heterocycles. The van der Waals surface area contributed by atoms with Gasteiger partial charge in [0, 0.05) is 0 Å². The van der Waals surface area contributed by atoms with Gasteiger partial charge >= 0.3 is 29.6 Å². The van der Waals surface area contributed by atoms with Crippen molar-refractivity contribution in [3.05, 3.63) is 0 Å². The molecule has 0 rings (SSSR count). The molecule has 0 heterocycles. The second kappa shape index (κ2) is 13.0. The summed E-state index contributed by atoms with van der Waals surface area (Å²) in [7, 11) is 0. The Kier molecular flexibility index (Phi) is 18.4. The number of rotatable bonds is 8. The van der Waals surface area contributed by atoms with E-state index in [0.717, 1.165) is 0 Å². The van der Waals surface area contributed by atoms with Crippen LogP contribution >= 0.6 is 0 Å². The molecule has 0 aromatic rings. The Morgan fingerprint density at radius 1 is 0.667 bits per heavy atom. The summed E-state index contributed by atoms with van der Waals surface area (Å²) in [5, 5.41) is 0. The molecular weight excluding hydrogens is 197 g/mol. The van der Waals surface area contributed by atoms with Crippen LogP contribution in [0.1, 0.15) is 54.8 Å². The van der Waals surface area contributed by atoms with Gasteiger partial charge in [0.1, 0.15) is 0 Å². The molecule has 0 aromatic carbocycles. The van der Waals surface area contributed by atoms with E-state index in [-0.39, 0.29) is 36.5 Å². The van der Waals surface area contributed by atoms with Gasteiger partial charge in [-0.3, -0.25) is 0 Å². The molecule has 0 aliphatic rings. The zero-order valence-electron chi connectivity index (χ0n) is 12.6. The smallest absolute Gasteiger partial charge is 1.00 e. The Morgan fingerprint density at radius 3 is 1.00 bits per heavy atom. The minimum Gasteiger partial charge on any atom is -1.00 e. The van der Waals surface area contributed by atoms with Gasteiger partial charge in [0.05, 0.1) is 26.2 Å². The van der Waals surface area contributed by atoms with Crippen molar-refractivity contribution in [1.82, 2.24) is 0 Å². The fourth-order valence-corrected chi connectivity index (χ4v) is 2.57. The first kappa shape index (κ1) is 21.2. The van der Waals surface area contributed by atoms with Crippen molar-refractivity contribution in [2.45, 2.75) is 53.4 Å². The SMILES string of the molecule is CCC[N+](CCC)(CCC)CCC.O.[H-].[Na+]. The molecule has 0 bridgehead atoms. The molecule has 2 nitrogen and oxygen atoms in total. The minimum absolute atomic E-state index is 0. The molecule has 0 aliphatic carbocycles. The van der Waals surface area contributed by atoms with Gasteiger partial charge in [0.25, 0.3) is 0 Å². The number of nitrogens with zero attached hydrogens (tertiary/aromatic N) is 1. The number of hydrogen-bond donors (Lipinski definition) is 0. The molecule has 15 heavy (non-hydrogen) atoms. The topological polar surface area (TPSA) is 31.5 Å². The van der Waals surface area contributed by atoms with E-state index in [1.54, 1.807) is 0 Å². The normalized spacial score (nSPS) is 10.4. The van der Waals surface area contributed by atoms with Gasteiger partial charge in [-0.15, -0.1) is 0 Å². The Bertz CT molecular complexity index is 96.1. The van der Waals surface area contributed by atoms with Crippen LogP contribution in [-0.4, -0.2) is 36.1 Å². The molecule has 0 spiro atoms. The van der Waals surface area contributed by atoms with Gasteiger partial charge < -0.3 is 11.4 Å². The third kappa shape index (κ3) is 8.70. The van der Waals surface area contributed by atoms with Crippen LogP contribution in [0.25, 0.3) is 0 Å². The molecule has 90 valence electrons. The van der Waals surface area contributed by atoms with Crippen molar-refractivity contribution in [2.24, 2.45) is 0 Å². The summed E-state index contributed by atoms with van der Waals surface area (Å²) in [6.45, 7) is 14.8. The maximum absolute atomic E-state index is 2.31. The molecule has 0 saturated carbocycles. The summed E-state index contributed by atoms with van der Waals surface area (Å²) < 4.78 is 1.38. The summed E-state index contributed by atoms with van der Waals surface area (Å²) in [5.41, 5.74) is 0. The van der Waals surface area contributed by atoms with Crippen molar-refractivity contribution in [2.75, 3.05) is 26.2 Å². The number of hydrogen-bond acceptors (Lipinski definition) is 0. The van der Waals surface area contributed by atoms with Crippen LogP contribution < -0.4 is 29.6 Å². The van der Waals surface area contributed by atoms with E-state index in [4.69, 9.17) is 0 Å². The van der Waals surface area contributed by atoms with Crippen molar-refractivity contribution >= 4 is 0 Å². The molecule has 0 saturated heterocycles. The van der Waals surface area contributed by atoms with Gasteiger partial charge in [0.2, 0.25) is 0 Å². The quantitative estimate of drug-likeness (QED) is 0.405. The molecule has 0 atom stereocenters. The fraction of sp³-hybridized carbons (Fsp3) is 1.00. The molecule has 0 unspecified atom stereocenters. The summed E-state index contributed by atoms with van der Waals surface area (Å²) in [6, 6.07) is 0.